The molecule has 21 heavy (non-hydrogen) atoms. The lowest BCUT2D eigenvalue weighted by Gasteiger charge is -2.25. The molecule has 0 amide bonds. The van der Waals surface area contributed by atoms with Gasteiger partial charge in [-0.3, -0.25) is 0 Å². The van der Waals surface area contributed by atoms with E-state index in [1.165, 1.54) is 17.1 Å². The third-order valence-corrected chi connectivity index (χ3v) is 5.90. The molecule has 0 aromatic carbocycles. The van der Waals surface area contributed by atoms with Gasteiger partial charge in [-0.25, -0.2) is 13.4 Å². The first kappa shape index (κ1) is 16.5. The summed E-state index contributed by atoms with van der Waals surface area (Å²) in [6.45, 7) is 6.10. The number of hydrogen-bond acceptors (Lipinski definition) is 4. The van der Waals surface area contributed by atoms with Crippen molar-refractivity contribution >= 4 is 10.0 Å². The molecule has 0 bridgehead atoms. The Morgan fingerprint density at radius 1 is 1.48 bits per heavy atom. The van der Waals surface area contributed by atoms with Gasteiger partial charge in [0.05, 0.1) is 0 Å². The van der Waals surface area contributed by atoms with Crippen LogP contribution in [0.3, 0.4) is 0 Å². The molecule has 1 atom stereocenters. The monoisotopic (exact) mass is 314 g/mol. The van der Waals surface area contributed by atoms with Crippen LogP contribution in [0.1, 0.15) is 38.4 Å². The Kier molecular flexibility index (Phi) is 5.40. The molecular formula is C14H26N4O2S. The molecule has 2 rings (SSSR count). The summed E-state index contributed by atoms with van der Waals surface area (Å²) >= 11 is 0. The Morgan fingerprint density at radius 2 is 2.24 bits per heavy atom. The van der Waals surface area contributed by atoms with Crippen LogP contribution in [0.5, 0.6) is 0 Å². The Bertz CT molecular complexity index is 562. The van der Waals surface area contributed by atoms with E-state index in [9.17, 15) is 8.42 Å². The molecule has 6 nitrogen and oxygen atoms in total. The van der Waals surface area contributed by atoms with Crippen molar-refractivity contribution in [2.75, 3.05) is 20.1 Å². The highest BCUT2D eigenvalue weighted by atomic mass is 32.2. The first-order valence-corrected chi connectivity index (χ1v) is 9.12. The maximum Gasteiger partial charge on any atom is 0.261 e. The number of nitrogens with one attached hydrogen (secondary N) is 1. The minimum Gasteiger partial charge on any atom is -0.334 e. The summed E-state index contributed by atoms with van der Waals surface area (Å²) < 4.78 is 28.3. The number of aryl methyl sites for hydroxylation is 2. The van der Waals surface area contributed by atoms with Crippen LogP contribution in [-0.4, -0.2) is 48.5 Å². The van der Waals surface area contributed by atoms with Crippen molar-refractivity contribution in [1.82, 2.24) is 19.2 Å². The van der Waals surface area contributed by atoms with Crippen molar-refractivity contribution in [2.45, 2.75) is 57.1 Å². The molecule has 1 aliphatic rings. The van der Waals surface area contributed by atoms with Gasteiger partial charge in [0.15, 0.2) is 5.03 Å². The van der Waals surface area contributed by atoms with Crippen LogP contribution in [0, 0.1) is 6.92 Å². The first-order chi connectivity index (χ1) is 9.95. The first-order valence-electron chi connectivity index (χ1n) is 7.68. The molecule has 1 aromatic heterocycles. The fourth-order valence-electron chi connectivity index (χ4n) is 2.71. The van der Waals surface area contributed by atoms with Crippen molar-refractivity contribution in [3.05, 3.63) is 12.0 Å². The van der Waals surface area contributed by atoms with E-state index in [-0.39, 0.29) is 5.03 Å². The number of rotatable bonds is 6. The van der Waals surface area contributed by atoms with Gasteiger partial charge < -0.3 is 9.88 Å². The van der Waals surface area contributed by atoms with Crippen molar-refractivity contribution < 1.29 is 8.42 Å². The minimum absolute atomic E-state index is 0.154. The van der Waals surface area contributed by atoms with Crippen molar-refractivity contribution in [3.8, 4) is 0 Å². The van der Waals surface area contributed by atoms with Crippen molar-refractivity contribution in [1.29, 1.82) is 0 Å². The zero-order valence-electron chi connectivity index (χ0n) is 13.2. The van der Waals surface area contributed by atoms with Gasteiger partial charge in [-0.1, -0.05) is 6.42 Å². The molecule has 2 heterocycles. The maximum atomic E-state index is 12.5. The zero-order valence-corrected chi connectivity index (χ0v) is 14.0. The molecule has 0 aliphatic carbocycles. The Morgan fingerprint density at radius 3 is 2.81 bits per heavy atom. The predicted octanol–water partition coefficient (Wildman–Crippen LogP) is 1.36. The summed E-state index contributed by atoms with van der Waals surface area (Å²) in [6, 6.07) is 0.436. The van der Waals surface area contributed by atoms with E-state index in [4.69, 9.17) is 0 Å². The van der Waals surface area contributed by atoms with Gasteiger partial charge >= 0.3 is 0 Å². The van der Waals surface area contributed by atoms with E-state index >= 15 is 0 Å². The smallest absolute Gasteiger partial charge is 0.261 e. The summed E-state index contributed by atoms with van der Waals surface area (Å²) in [7, 11) is -1.84. The molecular weight excluding hydrogens is 288 g/mol. The minimum atomic E-state index is -3.48. The lowest BCUT2D eigenvalue weighted by atomic mass is 10.0. The quantitative estimate of drug-likeness (QED) is 0.861. The highest BCUT2D eigenvalue weighted by Crippen LogP contribution is 2.16. The summed E-state index contributed by atoms with van der Waals surface area (Å²) in [4.78, 5) is 4.19. The van der Waals surface area contributed by atoms with E-state index in [1.54, 1.807) is 13.2 Å². The van der Waals surface area contributed by atoms with E-state index in [1.807, 2.05) is 18.4 Å². The van der Waals surface area contributed by atoms with E-state index in [0.29, 0.717) is 12.6 Å². The SMILES string of the molecule is CCn1cc(S(=O)(=O)N(C)CCC2CCCCN2)nc1C. The van der Waals surface area contributed by atoms with Gasteiger partial charge in [0, 0.05) is 32.4 Å². The number of hydrogen-bond donors (Lipinski definition) is 1. The van der Waals surface area contributed by atoms with E-state index in [0.717, 1.165) is 31.8 Å². The molecule has 120 valence electrons. The molecule has 7 heteroatoms. The fourth-order valence-corrected chi connectivity index (χ4v) is 3.88. The van der Waals surface area contributed by atoms with Crippen LogP contribution in [-0.2, 0) is 16.6 Å². The standard InChI is InChI=1S/C14H26N4O2S/c1-4-18-11-14(16-12(18)2)21(19,20)17(3)10-8-13-7-5-6-9-15-13/h11,13,15H,4-10H2,1-3H3. The van der Waals surface area contributed by atoms with Gasteiger partial charge in [-0.15, -0.1) is 0 Å². The average molecular weight is 314 g/mol. The van der Waals surface area contributed by atoms with Gasteiger partial charge in [-0.05, 0) is 39.7 Å². The van der Waals surface area contributed by atoms with Crippen molar-refractivity contribution in [2.24, 2.45) is 0 Å². The maximum absolute atomic E-state index is 12.5. The third kappa shape index (κ3) is 3.84. The summed E-state index contributed by atoms with van der Waals surface area (Å²) in [5.74, 6) is 0.735. The molecule has 1 aromatic rings. The summed E-state index contributed by atoms with van der Waals surface area (Å²) in [5, 5.41) is 3.60. The fraction of sp³-hybridized carbons (Fsp3) is 0.786. The average Bonchev–Trinajstić information content (AvgIpc) is 2.87. The molecule has 1 unspecified atom stereocenters. The van der Waals surface area contributed by atoms with Crippen molar-refractivity contribution in [3.63, 3.8) is 0 Å². The van der Waals surface area contributed by atoms with Crippen LogP contribution in [0.2, 0.25) is 0 Å². The molecule has 1 N–H and O–H groups in total. The summed E-state index contributed by atoms with van der Waals surface area (Å²) in [5.41, 5.74) is 0. The third-order valence-electron chi connectivity index (χ3n) is 4.17. The molecule has 1 fully saturated rings. The number of nitrogens with zero attached hydrogens (tertiary/aromatic N) is 3. The molecule has 1 saturated heterocycles. The Hall–Kier alpha value is -0.920. The molecule has 0 spiro atoms. The van der Waals surface area contributed by atoms with E-state index < -0.39 is 10.0 Å². The topological polar surface area (TPSA) is 67.2 Å². The number of piperidine rings is 1. The lowest BCUT2D eigenvalue weighted by molar-refractivity contribution is 0.351. The predicted molar refractivity (Wildman–Crippen MR) is 82.7 cm³/mol. The zero-order chi connectivity index (χ0) is 15.5. The molecule has 0 saturated carbocycles. The highest BCUT2D eigenvalue weighted by Gasteiger charge is 2.25. The second kappa shape index (κ2) is 6.89. The van der Waals surface area contributed by atoms with Gasteiger partial charge in [0.1, 0.15) is 5.82 Å². The normalized spacial score (nSPS) is 20.1. The molecule has 1 aliphatic heterocycles. The Labute approximate surface area is 127 Å². The van der Waals surface area contributed by atoms with E-state index in [2.05, 4.69) is 10.3 Å². The Balaban J connectivity index is 2.00. The largest absolute Gasteiger partial charge is 0.334 e. The number of sulfonamides is 1. The number of imidazole rings is 1. The van der Waals surface area contributed by atoms with Crippen LogP contribution >= 0.6 is 0 Å². The van der Waals surface area contributed by atoms with Gasteiger partial charge in [0.2, 0.25) is 0 Å². The highest BCUT2D eigenvalue weighted by molar-refractivity contribution is 7.89. The molecule has 0 radical (unpaired) electrons. The van der Waals surface area contributed by atoms with Gasteiger partial charge in [-0.2, -0.15) is 4.31 Å². The summed E-state index contributed by atoms with van der Waals surface area (Å²) in [6.07, 6.45) is 6.06. The van der Waals surface area contributed by atoms with Crippen LogP contribution in [0.25, 0.3) is 0 Å². The van der Waals surface area contributed by atoms with Crippen LogP contribution in [0.15, 0.2) is 11.2 Å². The second-order valence-electron chi connectivity index (χ2n) is 5.67. The van der Waals surface area contributed by atoms with Crippen LogP contribution in [0.4, 0.5) is 0 Å². The second-order valence-corrected chi connectivity index (χ2v) is 7.67. The number of aromatic nitrogens is 2. The van der Waals surface area contributed by atoms with Crippen LogP contribution < -0.4 is 5.32 Å². The lowest BCUT2D eigenvalue weighted by Crippen LogP contribution is -2.38. The van der Waals surface area contributed by atoms with Gasteiger partial charge in [0.25, 0.3) is 10.0 Å².